The first-order valence-corrected chi connectivity index (χ1v) is 5.04. The monoisotopic (exact) mass is 185 g/mol. The number of nitrogens with two attached hydrogens (primary N) is 1. The molecule has 0 aliphatic heterocycles. The summed E-state index contributed by atoms with van der Waals surface area (Å²) in [4.78, 5) is 4.38. The van der Waals surface area contributed by atoms with E-state index in [9.17, 15) is 0 Å². The van der Waals surface area contributed by atoms with Crippen molar-refractivity contribution in [2.75, 3.05) is 0 Å². The summed E-state index contributed by atoms with van der Waals surface area (Å²) >= 11 is 1.67. The molecule has 3 nitrogen and oxygen atoms in total. The van der Waals surface area contributed by atoms with Crippen molar-refractivity contribution in [2.24, 2.45) is 5.84 Å². The molecular formula is C8H15N3S. The molecule has 1 heterocycles. The third-order valence-electron chi connectivity index (χ3n) is 1.77. The lowest BCUT2D eigenvalue weighted by molar-refractivity contribution is 0.500. The molecule has 1 atom stereocenters. The van der Waals surface area contributed by atoms with Gasteiger partial charge in [0.1, 0.15) is 0 Å². The molecule has 12 heavy (non-hydrogen) atoms. The van der Waals surface area contributed by atoms with E-state index in [-0.39, 0.29) is 6.04 Å². The molecule has 1 aromatic rings. The zero-order valence-corrected chi connectivity index (χ0v) is 8.32. The molecule has 1 aromatic heterocycles. The molecule has 0 saturated carbocycles. The lowest BCUT2D eigenvalue weighted by Gasteiger charge is -2.11. The Morgan fingerprint density at radius 3 is 2.92 bits per heavy atom. The zero-order chi connectivity index (χ0) is 8.97. The van der Waals surface area contributed by atoms with Gasteiger partial charge < -0.3 is 0 Å². The van der Waals surface area contributed by atoms with Crippen molar-refractivity contribution in [1.29, 1.82) is 0 Å². The van der Waals surface area contributed by atoms with Crippen LogP contribution in [0.1, 0.15) is 36.5 Å². The lowest BCUT2D eigenvalue weighted by atomic mass is 10.1. The van der Waals surface area contributed by atoms with E-state index < -0.39 is 0 Å². The van der Waals surface area contributed by atoms with Crippen LogP contribution in [0.15, 0.2) is 5.38 Å². The average molecular weight is 185 g/mol. The third-order valence-corrected chi connectivity index (χ3v) is 2.56. The van der Waals surface area contributed by atoms with E-state index in [0.29, 0.717) is 0 Å². The van der Waals surface area contributed by atoms with Crippen LogP contribution >= 0.6 is 11.3 Å². The number of hydrazine groups is 1. The Labute approximate surface area is 77.0 Å². The quantitative estimate of drug-likeness (QED) is 0.555. The molecule has 3 N–H and O–H groups in total. The van der Waals surface area contributed by atoms with Crippen LogP contribution in [0.4, 0.5) is 0 Å². The Hall–Kier alpha value is -0.450. The number of nitrogens with one attached hydrogen (secondary N) is 1. The van der Waals surface area contributed by atoms with Gasteiger partial charge in [0, 0.05) is 5.38 Å². The topological polar surface area (TPSA) is 50.9 Å². The highest BCUT2D eigenvalue weighted by molar-refractivity contribution is 7.09. The summed E-state index contributed by atoms with van der Waals surface area (Å²) in [6.45, 7) is 4.15. The summed E-state index contributed by atoms with van der Waals surface area (Å²) in [6, 6.07) is 0.222. The Kier molecular flexibility index (Phi) is 3.65. The van der Waals surface area contributed by atoms with E-state index in [0.717, 1.165) is 23.5 Å². The van der Waals surface area contributed by atoms with E-state index in [1.54, 1.807) is 11.3 Å². The SMILES string of the molecule is CCCC(NN)c1csc(C)n1. The molecule has 0 radical (unpaired) electrons. The minimum Gasteiger partial charge on any atom is -0.271 e. The standard InChI is InChI=1S/C8H15N3S/c1-3-4-7(11-9)8-5-12-6(2)10-8/h5,7,11H,3-4,9H2,1-2H3. The Morgan fingerprint density at radius 2 is 2.50 bits per heavy atom. The van der Waals surface area contributed by atoms with Gasteiger partial charge in [-0.05, 0) is 13.3 Å². The molecule has 0 aliphatic rings. The lowest BCUT2D eigenvalue weighted by Crippen LogP contribution is -2.28. The van der Waals surface area contributed by atoms with Gasteiger partial charge in [-0.25, -0.2) is 4.98 Å². The van der Waals surface area contributed by atoms with E-state index in [2.05, 4.69) is 22.7 Å². The highest BCUT2D eigenvalue weighted by Gasteiger charge is 2.10. The van der Waals surface area contributed by atoms with Gasteiger partial charge in [-0.2, -0.15) is 0 Å². The zero-order valence-electron chi connectivity index (χ0n) is 7.50. The maximum Gasteiger partial charge on any atom is 0.0898 e. The predicted octanol–water partition coefficient (Wildman–Crippen LogP) is 1.76. The van der Waals surface area contributed by atoms with Crippen molar-refractivity contribution in [3.05, 3.63) is 16.1 Å². The summed E-state index contributed by atoms with van der Waals surface area (Å²) in [6.07, 6.45) is 2.16. The number of hydrogen-bond acceptors (Lipinski definition) is 4. The number of thiazole rings is 1. The molecule has 68 valence electrons. The molecule has 1 unspecified atom stereocenters. The molecule has 0 amide bonds. The van der Waals surface area contributed by atoms with Crippen molar-refractivity contribution in [3.63, 3.8) is 0 Å². The van der Waals surface area contributed by atoms with Crippen LogP contribution in [0.3, 0.4) is 0 Å². The van der Waals surface area contributed by atoms with Crippen molar-refractivity contribution in [3.8, 4) is 0 Å². The maximum absolute atomic E-state index is 5.41. The minimum absolute atomic E-state index is 0.222. The Balaban J connectivity index is 2.66. The first-order chi connectivity index (χ1) is 5.77. The molecule has 0 fully saturated rings. The van der Waals surface area contributed by atoms with E-state index in [1.807, 2.05) is 6.92 Å². The third kappa shape index (κ3) is 2.27. The second-order valence-electron chi connectivity index (χ2n) is 2.80. The summed E-state index contributed by atoms with van der Waals surface area (Å²) in [7, 11) is 0. The van der Waals surface area contributed by atoms with Gasteiger partial charge in [0.2, 0.25) is 0 Å². The van der Waals surface area contributed by atoms with Gasteiger partial charge in [0.15, 0.2) is 0 Å². The van der Waals surface area contributed by atoms with Gasteiger partial charge in [-0.3, -0.25) is 11.3 Å². The molecule has 4 heteroatoms. The van der Waals surface area contributed by atoms with Gasteiger partial charge in [-0.15, -0.1) is 11.3 Å². The van der Waals surface area contributed by atoms with Crippen molar-refractivity contribution < 1.29 is 0 Å². The average Bonchev–Trinajstić information content (AvgIpc) is 2.47. The number of nitrogens with zero attached hydrogens (tertiary/aromatic N) is 1. The fourth-order valence-corrected chi connectivity index (χ4v) is 1.81. The van der Waals surface area contributed by atoms with Crippen LogP contribution < -0.4 is 11.3 Å². The van der Waals surface area contributed by atoms with E-state index in [4.69, 9.17) is 5.84 Å². The smallest absolute Gasteiger partial charge is 0.0898 e. The Morgan fingerprint density at radius 1 is 1.75 bits per heavy atom. The van der Waals surface area contributed by atoms with Crippen LogP contribution in [0.2, 0.25) is 0 Å². The van der Waals surface area contributed by atoms with E-state index in [1.165, 1.54) is 0 Å². The van der Waals surface area contributed by atoms with Crippen molar-refractivity contribution >= 4 is 11.3 Å². The largest absolute Gasteiger partial charge is 0.271 e. The Bertz CT molecular complexity index is 234. The van der Waals surface area contributed by atoms with Crippen molar-refractivity contribution in [2.45, 2.75) is 32.7 Å². The summed E-state index contributed by atoms with van der Waals surface area (Å²) < 4.78 is 0. The van der Waals surface area contributed by atoms with Gasteiger partial charge in [0.05, 0.1) is 16.7 Å². The second-order valence-corrected chi connectivity index (χ2v) is 3.86. The molecule has 0 bridgehead atoms. The number of rotatable bonds is 4. The van der Waals surface area contributed by atoms with E-state index >= 15 is 0 Å². The van der Waals surface area contributed by atoms with Crippen LogP contribution in [0, 0.1) is 6.92 Å². The summed E-state index contributed by atoms with van der Waals surface area (Å²) in [5.41, 5.74) is 3.85. The molecular weight excluding hydrogens is 170 g/mol. The molecule has 0 aromatic carbocycles. The van der Waals surface area contributed by atoms with Crippen LogP contribution in [0.5, 0.6) is 0 Å². The highest BCUT2D eigenvalue weighted by Crippen LogP contribution is 2.19. The van der Waals surface area contributed by atoms with Crippen LogP contribution in [-0.2, 0) is 0 Å². The van der Waals surface area contributed by atoms with Gasteiger partial charge in [0.25, 0.3) is 0 Å². The summed E-state index contributed by atoms with van der Waals surface area (Å²) in [5.74, 6) is 5.41. The normalized spacial score (nSPS) is 13.2. The number of hydrogen-bond donors (Lipinski definition) is 2. The first kappa shape index (κ1) is 9.64. The highest BCUT2D eigenvalue weighted by atomic mass is 32.1. The number of aryl methyl sites for hydroxylation is 1. The fourth-order valence-electron chi connectivity index (χ4n) is 1.15. The van der Waals surface area contributed by atoms with Crippen LogP contribution in [-0.4, -0.2) is 4.98 Å². The predicted molar refractivity (Wildman–Crippen MR) is 51.8 cm³/mol. The second kappa shape index (κ2) is 4.54. The number of aromatic nitrogens is 1. The molecule has 0 spiro atoms. The molecule has 1 rings (SSSR count). The summed E-state index contributed by atoms with van der Waals surface area (Å²) in [5, 5.41) is 3.16. The molecule has 0 aliphatic carbocycles. The van der Waals surface area contributed by atoms with Crippen molar-refractivity contribution in [1.82, 2.24) is 10.4 Å². The van der Waals surface area contributed by atoms with Gasteiger partial charge in [-0.1, -0.05) is 13.3 Å². The maximum atomic E-state index is 5.41. The minimum atomic E-state index is 0.222. The first-order valence-electron chi connectivity index (χ1n) is 4.16. The van der Waals surface area contributed by atoms with Crippen LogP contribution in [0.25, 0.3) is 0 Å². The molecule has 0 saturated heterocycles. The van der Waals surface area contributed by atoms with Gasteiger partial charge >= 0.3 is 0 Å². The fraction of sp³-hybridized carbons (Fsp3) is 0.625.